The second-order valence-electron chi connectivity index (χ2n) is 4.96. The zero-order valence-corrected chi connectivity index (χ0v) is 11.4. The van der Waals surface area contributed by atoms with Crippen LogP contribution < -0.4 is 4.90 Å². The summed E-state index contributed by atoms with van der Waals surface area (Å²) in [6.07, 6.45) is 2.48. The number of anilines is 1. The van der Waals surface area contributed by atoms with Crippen molar-refractivity contribution in [1.29, 1.82) is 5.26 Å². The average Bonchev–Trinajstić information content (AvgIpc) is 2.39. The summed E-state index contributed by atoms with van der Waals surface area (Å²) in [7, 11) is 0. The molecule has 1 atom stereocenters. The molecule has 1 N–H and O–H groups in total. The summed E-state index contributed by atoms with van der Waals surface area (Å²) in [5.41, 5.74) is 0.253. The molecule has 0 radical (unpaired) electrons. The van der Waals surface area contributed by atoms with Gasteiger partial charge >= 0.3 is 5.97 Å². The molecule has 0 bridgehead atoms. The number of benzene rings is 1. The molecule has 1 aromatic rings. The largest absolute Gasteiger partial charge is 0.480 e. The van der Waals surface area contributed by atoms with E-state index in [1.807, 2.05) is 11.0 Å². The van der Waals surface area contributed by atoms with E-state index in [0.29, 0.717) is 23.6 Å². The van der Waals surface area contributed by atoms with Crippen molar-refractivity contribution in [2.75, 3.05) is 11.4 Å². The van der Waals surface area contributed by atoms with Gasteiger partial charge in [0.2, 0.25) is 0 Å². The van der Waals surface area contributed by atoms with Gasteiger partial charge in [-0.05, 0) is 44.4 Å². The van der Waals surface area contributed by atoms with Crippen LogP contribution >= 0.6 is 11.6 Å². The summed E-state index contributed by atoms with van der Waals surface area (Å²) in [6, 6.07) is 7.07. The summed E-state index contributed by atoms with van der Waals surface area (Å²) >= 11 is 6.02. The highest BCUT2D eigenvalue weighted by molar-refractivity contribution is 6.32. The van der Waals surface area contributed by atoms with Crippen LogP contribution in [0.4, 0.5) is 5.69 Å². The first-order chi connectivity index (χ1) is 8.99. The fourth-order valence-electron chi connectivity index (χ4n) is 2.52. The lowest BCUT2D eigenvalue weighted by Crippen LogP contribution is -2.55. The Kier molecular flexibility index (Phi) is 3.68. The second-order valence-corrected chi connectivity index (χ2v) is 5.37. The van der Waals surface area contributed by atoms with Crippen LogP contribution in [0.1, 0.15) is 31.7 Å². The number of hydrogen-bond acceptors (Lipinski definition) is 3. The smallest absolute Gasteiger partial charge is 0.329 e. The van der Waals surface area contributed by atoms with Crippen LogP contribution in [0.2, 0.25) is 5.02 Å². The van der Waals surface area contributed by atoms with E-state index in [9.17, 15) is 9.90 Å². The zero-order chi connectivity index (χ0) is 14.0. The molecule has 1 heterocycles. The maximum Gasteiger partial charge on any atom is 0.329 e. The fraction of sp³-hybridized carbons (Fsp3) is 0.429. The lowest BCUT2D eigenvalue weighted by Gasteiger charge is -2.43. The van der Waals surface area contributed by atoms with Crippen LogP contribution in [-0.4, -0.2) is 23.2 Å². The van der Waals surface area contributed by atoms with Gasteiger partial charge in [-0.1, -0.05) is 11.6 Å². The molecule has 1 aliphatic rings. The molecule has 1 fully saturated rings. The van der Waals surface area contributed by atoms with Gasteiger partial charge in [-0.25, -0.2) is 4.79 Å². The van der Waals surface area contributed by atoms with Crippen molar-refractivity contribution in [3.8, 4) is 6.07 Å². The Labute approximate surface area is 117 Å². The predicted octanol–water partition coefficient (Wildman–Crippen LogP) is 3.05. The van der Waals surface area contributed by atoms with E-state index in [2.05, 4.69) is 0 Å². The molecule has 100 valence electrons. The molecule has 0 aliphatic carbocycles. The lowest BCUT2D eigenvalue weighted by atomic mass is 9.88. The monoisotopic (exact) mass is 278 g/mol. The highest BCUT2D eigenvalue weighted by Gasteiger charge is 2.41. The summed E-state index contributed by atoms with van der Waals surface area (Å²) in [6.45, 7) is 2.42. The van der Waals surface area contributed by atoms with Crippen LogP contribution in [0, 0.1) is 11.3 Å². The van der Waals surface area contributed by atoms with Crippen molar-refractivity contribution >= 4 is 23.3 Å². The van der Waals surface area contributed by atoms with Crippen molar-refractivity contribution in [3.63, 3.8) is 0 Å². The van der Waals surface area contributed by atoms with Gasteiger partial charge in [-0.15, -0.1) is 0 Å². The molecule has 2 rings (SSSR count). The van der Waals surface area contributed by atoms with Gasteiger partial charge in [0.25, 0.3) is 0 Å². The van der Waals surface area contributed by atoms with Gasteiger partial charge in [0.05, 0.1) is 10.6 Å². The van der Waals surface area contributed by atoms with Crippen LogP contribution in [-0.2, 0) is 4.79 Å². The molecule has 0 saturated carbocycles. The van der Waals surface area contributed by atoms with Gasteiger partial charge in [-0.2, -0.15) is 5.26 Å². The van der Waals surface area contributed by atoms with Gasteiger partial charge in [0.1, 0.15) is 11.6 Å². The quantitative estimate of drug-likeness (QED) is 0.903. The predicted molar refractivity (Wildman–Crippen MR) is 73.4 cm³/mol. The third-order valence-corrected chi connectivity index (χ3v) is 4.05. The molecule has 4 nitrogen and oxygen atoms in total. The molecule has 1 unspecified atom stereocenters. The molecule has 19 heavy (non-hydrogen) atoms. The third-order valence-electron chi connectivity index (χ3n) is 3.74. The number of piperidine rings is 1. The number of hydrogen-bond donors (Lipinski definition) is 1. The Morgan fingerprint density at radius 2 is 2.26 bits per heavy atom. The number of carboxylic acids is 1. The van der Waals surface area contributed by atoms with Crippen molar-refractivity contribution in [3.05, 3.63) is 28.8 Å². The van der Waals surface area contributed by atoms with Crippen LogP contribution in [0.25, 0.3) is 0 Å². The number of carbonyl (C=O) groups is 1. The van der Waals surface area contributed by atoms with E-state index in [-0.39, 0.29) is 0 Å². The molecule has 0 amide bonds. The molecule has 0 aromatic heterocycles. The summed E-state index contributed by atoms with van der Waals surface area (Å²) < 4.78 is 0. The SMILES string of the molecule is CC1(C(=O)O)CCCCN1c1ccc(C#N)c(Cl)c1. The van der Waals surface area contributed by atoms with Gasteiger partial charge in [-0.3, -0.25) is 0 Å². The first kappa shape index (κ1) is 13.7. The third kappa shape index (κ3) is 2.39. The summed E-state index contributed by atoms with van der Waals surface area (Å²) in [4.78, 5) is 13.4. The number of halogens is 1. The second kappa shape index (κ2) is 5.10. The van der Waals surface area contributed by atoms with Crippen LogP contribution in [0.5, 0.6) is 0 Å². The van der Waals surface area contributed by atoms with Crippen molar-refractivity contribution in [2.24, 2.45) is 0 Å². The van der Waals surface area contributed by atoms with Crippen LogP contribution in [0.15, 0.2) is 18.2 Å². The first-order valence-corrected chi connectivity index (χ1v) is 6.57. The number of aliphatic carboxylic acids is 1. The van der Waals surface area contributed by atoms with E-state index in [1.54, 1.807) is 25.1 Å². The highest BCUT2D eigenvalue weighted by Crippen LogP contribution is 2.34. The molecule has 5 heteroatoms. The number of carboxylic acid groups (broad SMARTS) is 1. The van der Waals surface area contributed by atoms with E-state index in [0.717, 1.165) is 18.5 Å². The number of nitriles is 1. The van der Waals surface area contributed by atoms with Gasteiger partial charge < -0.3 is 10.0 Å². The fourth-order valence-corrected chi connectivity index (χ4v) is 2.74. The van der Waals surface area contributed by atoms with E-state index < -0.39 is 11.5 Å². The van der Waals surface area contributed by atoms with Crippen LogP contribution in [0.3, 0.4) is 0 Å². The molecule has 1 aliphatic heterocycles. The molecular weight excluding hydrogens is 264 g/mol. The van der Waals surface area contributed by atoms with E-state index >= 15 is 0 Å². The van der Waals surface area contributed by atoms with E-state index in [4.69, 9.17) is 16.9 Å². The Morgan fingerprint density at radius 1 is 1.53 bits per heavy atom. The lowest BCUT2D eigenvalue weighted by molar-refractivity contribution is -0.143. The maximum absolute atomic E-state index is 11.5. The normalized spacial score (nSPS) is 22.9. The van der Waals surface area contributed by atoms with Crippen molar-refractivity contribution < 1.29 is 9.90 Å². The average molecular weight is 279 g/mol. The molecule has 0 spiro atoms. The maximum atomic E-state index is 11.5. The minimum atomic E-state index is -0.907. The highest BCUT2D eigenvalue weighted by atomic mass is 35.5. The Morgan fingerprint density at radius 3 is 2.84 bits per heavy atom. The van der Waals surface area contributed by atoms with Crippen molar-refractivity contribution in [1.82, 2.24) is 0 Å². The summed E-state index contributed by atoms with van der Waals surface area (Å²) in [5.74, 6) is -0.826. The Hall–Kier alpha value is -1.73. The Balaban J connectivity index is 2.41. The number of rotatable bonds is 2. The van der Waals surface area contributed by atoms with Crippen molar-refractivity contribution in [2.45, 2.75) is 31.7 Å². The number of nitrogens with zero attached hydrogens (tertiary/aromatic N) is 2. The topological polar surface area (TPSA) is 64.3 Å². The summed E-state index contributed by atoms with van der Waals surface area (Å²) in [5, 5.41) is 18.7. The zero-order valence-electron chi connectivity index (χ0n) is 10.7. The van der Waals surface area contributed by atoms with Gasteiger partial charge in [0.15, 0.2) is 0 Å². The Bertz CT molecular complexity index is 553. The molecule has 1 aromatic carbocycles. The standard InChI is InChI=1S/C14H15ClN2O2/c1-14(13(18)19)6-2-3-7-17(14)11-5-4-10(9-16)12(15)8-11/h4-5,8H,2-3,6-7H2,1H3,(H,18,19). The van der Waals surface area contributed by atoms with Gasteiger partial charge in [0, 0.05) is 12.2 Å². The molecule has 1 saturated heterocycles. The first-order valence-electron chi connectivity index (χ1n) is 6.20. The minimum Gasteiger partial charge on any atom is -0.480 e. The van der Waals surface area contributed by atoms with E-state index in [1.165, 1.54) is 0 Å². The minimum absolute atomic E-state index is 0.360. The molecular formula is C14H15ClN2O2.